The van der Waals surface area contributed by atoms with Crippen molar-refractivity contribution >= 4 is 5.78 Å². The van der Waals surface area contributed by atoms with E-state index < -0.39 is 0 Å². The highest BCUT2D eigenvalue weighted by atomic mass is 16.5. The molecule has 0 aromatic heterocycles. The molecule has 0 aliphatic heterocycles. The van der Waals surface area contributed by atoms with Crippen LogP contribution in [0, 0.1) is 0 Å². The lowest BCUT2D eigenvalue weighted by Gasteiger charge is -2.08. The molecule has 1 unspecified atom stereocenters. The predicted octanol–water partition coefficient (Wildman–Crippen LogP) is 2.31. The number of Topliss-reactive ketones (excluding diaryl/α,β-unsaturated/α-hetero) is 1. The van der Waals surface area contributed by atoms with E-state index in [4.69, 9.17) is 4.74 Å². The van der Waals surface area contributed by atoms with Crippen LogP contribution in [0.1, 0.15) is 45.4 Å². The summed E-state index contributed by atoms with van der Waals surface area (Å²) < 4.78 is 5.47. The average molecular weight is 170 g/mol. The SMILES string of the molecule is CCCCCOC1CCCC1=O. The molecular formula is C10H18O2. The Morgan fingerprint density at radius 3 is 2.92 bits per heavy atom. The molecule has 1 saturated carbocycles. The second-order valence-corrected chi connectivity index (χ2v) is 3.43. The van der Waals surface area contributed by atoms with Crippen LogP contribution in [0.5, 0.6) is 0 Å². The van der Waals surface area contributed by atoms with Gasteiger partial charge >= 0.3 is 0 Å². The van der Waals surface area contributed by atoms with E-state index in [-0.39, 0.29) is 6.10 Å². The van der Waals surface area contributed by atoms with Gasteiger partial charge in [-0.1, -0.05) is 19.8 Å². The van der Waals surface area contributed by atoms with Crippen LogP contribution < -0.4 is 0 Å². The maximum atomic E-state index is 11.1. The summed E-state index contributed by atoms with van der Waals surface area (Å²) in [6, 6.07) is 0. The van der Waals surface area contributed by atoms with E-state index in [1.165, 1.54) is 12.8 Å². The molecule has 70 valence electrons. The molecule has 0 heterocycles. The van der Waals surface area contributed by atoms with Gasteiger partial charge in [0, 0.05) is 13.0 Å². The Hall–Kier alpha value is -0.370. The molecule has 1 rings (SSSR count). The van der Waals surface area contributed by atoms with Gasteiger partial charge in [-0.2, -0.15) is 0 Å². The van der Waals surface area contributed by atoms with Gasteiger partial charge in [-0.25, -0.2) is 0 Å². The topological polar surface area (TPSA) is 26.3 Å². The second kappa shape index (κ2) is 5.31. The van der Waals surface area contributed by atoms with Gasteiger partial charge in [0.05, 0.1) is 0 Å². The van der Waals surface area contributed by atoms with Crippen molar-refractivity contribution in [3.8, 4) is 0 Å². The minimum atomic E-state index is -0.0538. The summed E-state index contributed by atoms with van der Waals surface area (Å²) in [4.78, 5) is 11.1. The number of rotatable bonds is 5. The van der Waals surface area contributed by atoms with Gasteiger partial charge < -0.3 is 4.74 Å². The first-order valence-electron chi connectivity index (χ1n) is 4.99. The lowest BCUT2D eigenvalue weighted by atomic mass is 10.2. The smallest absolute Gasteiger partial charge is 0.161 e. The van der Waals surface area contributed by atoms with Crippen LogP contribution in [0.3, 0.4) is 0 Å². The number of carbonyl (C=O) groups is 1. The molecule has 0 amide bonds. The molecule has 1 aliphatic carbocycles. The van der Waals surface area contributed by atoms with E-state index in [9.17, 15) is 4.79 Å². The number of unbranched alkanes of at least 4 members (excludes halogenated alkanes) is 2. The van der Waals surface area contributed by atoms with Crippen molar-refractivity contribution in [2.24, 2.45) is 0 Å². The van der Waals surface area contributed by atoms with Gasteiger partial charge in [0.15, 0.2) is 5.78 Å². The molecule has 0 bridgehead atoms. The molecule has 2 heteroatoms. The monoisotopic (exact) mass is 170 g/mol. The molecule has 0 radical (unpaired) electrons. The van der Waals surface area contributed by atoms with Crippen LogP contribution in [0.25, 0.3) is 0 Å². The molecule has 1 aliphatic rings. The summed E-state index contributed by atoms with van der Waals surface area (Å²) in [5, 5.41) is 0. The normalized spacial score (nSPS) is 23.4. The lowest BCUT2D eigenvalue weighted by molar-refractivity contribution is -0.127. The average Bonchev–Trinajstić information content (AvgIpc) is 2.46. The summed E-state index contributed by atoms with van der Waals surface area (Å²) in [5.74, 6) is 0.312. The van der Waals surface area contributed by atoms with Crippen LogP contribution in [0.4, 0.5) is 0 Å². The number of hydrogen-bond acceptors (Lipinski definition) is 2. The van der Waals surface area contributed by atoms with Crippen molar-refractivity contribution in [3.63, 3.8) is 0 Å². The van der Waals surface area contributed by atoms with Gasteiger partial charge in [-0.05, 0) is 19.3 Å². The van der Waals surface area contributed by atoms with Gasteiger partial charge in [0.1, 0.15) is 6.10 Å². The minimum absolute atomic E-state index is 0.0538. The zero-order valence-electron chi connectivity index (χ0n) is 7.84. The molecule has 12 heavy (non-hydrogen) atoms. The Morgan fingerprint density at radius 2 is 2.33 bits per heavy atom. The molecule has 1 atom stereocenters. The van der Waals surface area contributed by atoms with Crippen LogP contribution in [0.2, 0.25) is 0 Å². The quantitative estimate of drug-likeness (QED) is 0.592. The Morgan fingerprint density at radius 1 is 1.50 bits per heavy atom. The third-order valence-electron chi connectivity index (χ3n) is 2.32. The third-order valence-corrected chi connectivity index (χ3v) is 2.32. The van der Waals surface area contributed by atoms with Crippen molar-refractivity contribution in [1.29, 1.82) is 0 Å². The van der Waals surface area contributed by atoms with Crippen LogP contribution >= 0.6 is 0 Å². The number of ketones is 1. The summed E-state index contributed by atoms with van der Waals surface area (Å²) in [6.45, 7) is 2.94. The first-order chi connectivity index (χ1) is 5.84. The Labute approximate surface area is 74.3 Å². The highest BCUT2D eigenvalue weighted by Crippen LogP contribution is 2.17. The first kappa shape index (κ1) is 9.72. The van der Waals surface area contributed by atoms with E-state index in [1.54, 1.807) is 0 Å². The fourth-order valence-corrected chi connectivity index (χ4v) is 1.54. The maximum absolute atomic E-state index is 11.1. The summed E-state index contributed by atoms with van der Waals surface area (Å²) in [5.41, 5.74) is 0. The van der Waals surface area contributed by atoms with E-state index >= 15 is 0 Å². The molecule has 0 spiro atoms. The second-order valence-electron chi connectivity index (χ2n) is 3.43. The largest absolute Gasteiger partial charge is 0.370 e. The lowest BCUT2D eigenvalue weighted by Crippen LogP contribution is -2.18. The van der Waals surface area contributed by atoms with Crippen molar-refractivity contribution in [1.82, 2.24) is 0 Å². The summed E-state index contributed by atoms with van der Waals surface area (Å²) in [7, 11) is 0. The van der Waals surface area contributed by atoms with Gasteiger partial charge in [-0.15, -0.1) is 0 Å². The minimum Gasteiger partial charge on any atom is -0.370 e. The highest BCUT2D eigenvalue weighted by Gasteiger charge is 2.24. The molecule has 0 N–H and O–H groups in total. The fraction of sp³-hybridized carbons (Fsp3) is 0.900. The summed E-state index contributed by atoms with van der Waals surface area (Å²) in [6.07, 6.45) is 6.17. The van der Waals surface area contributed by atoms with Crippen molar-refractivity contribution in [2.45, 2.75) is 51.6 Å². The van der Waals surface area contributed by atoms with E-state index in [0.29, 0.717) is 5.78 Å². The van der Waals surface area contributed by atoms with E-state index in [1.807, 2.05) is 0 Å². The molecule has 0 saturated heterocycles. The van der Waals surface area contributed by atoms with Gasteiger partial charge in [-0.3, -0.25) is 4.79 Å². The maximum Gasteiger partial charge on any atom is 0.161 e. The van der Waals surface area contributed by atoms with Crippen LogP contribution in [-0.2, 0) is 9.53 Å². The van der Waals surface area contributed by atoms with E-state index in [0.717, 1.165) is 32.3 Å². The van der Waals surface area contributed by atoms with Gasteiger partial charge in [0.25, 0.3) is 0 Å². The van der Waals surface area contributed by atoms with E-state index in [2.05, 4.69) is 6.92 Å². The molecule has 0 aromatic carbocycles. The Balaban J connectivity index is 2.02. The van der Waals surface area contributed by atoms with Gasteiger partial charge in [0.2, 0.25) is 0 Å². The van der Waals surface area contributed by atoms with Crippen LogP contribution in [0.15, 0.2) is 0 Å². The third kappa shape index (κ3) is 2.94. The molecule has 0 aromatic rings. The Kier molecular flexibility index (Phi) is 4.30. The number of hydrogen-bond donors (Lipinski definition) is 0. The standard InChI is InChI=1S/C10H18O2/c1-2-3-4-8-12-10-7-5-6-9(10)11/h10H,2-8H2,1H3. The van der Waals surface area contributed by atoms with Crippen molar-refractivity contribution in [2.75, 3.05) is 6.61 Å². The summed E-state index contributed by atoms with van der Waals surface area (Å²) >= 11 is 0. The number of carbonyl (C=O) groups excluding carboxylic acids is 1. The zero-order valence-corrected chi connectivity index (χ0v) is 7.84. The first-order valence-corrected chi connectivity index (χ1v) is 4.99. The predicted molar refractivity (Wildman–Crippen MR) is 48.1 cm³/mol. The Bertz CT molecular complexity index is 143. The molecule has 1 fully saturated rings. The highest BCUT2D eigenvalue weighted by molar-refractivity contribution is 5.84. The molecular weight excluding hydrogens is 152 g/mol. The van der Waals surface area contributed by atoms with Crippen molar-refractivity contribution in [3.05, 3.63) is 0 Å². The fourth-order valence-electron chi connectivity index (χ4n) is 1.54. The van der Waals surface area contributed by atoms with Crippen LogP contribution in [-0.4, -0.2) is 18.5 Å². The van der Waals surface area contributed by atoms with Crippen molar-refractivity contribution < 1.29 is 9.53 Å². The number of ether oxygens (including phenoxy) is 1. The molecule has 2 nitrogen and oxygen atoms in total. The zero-order chi connectivity index (χ0) is 8.81.